The number of nitrogens with two attached hydrogens (primary N) is 1. The highest BCUT2D eigenvalue weighted by Crippen LogP contribution is 2.21. The molecule has 0 heterocycles. The molecule has 0 aromatic rings. The Kier molecular flexibility index (Phi) is 6.52. The molecule has 100 valence electrons. The molecule has 1 amide bonds. The van der Waals surface area contributed by atoms with Crippen LogP contribution in [0.3, 0.4) is 0 Å². The summed E-state index contributed by atoms with van der Waals surface area (Å²) in [5.74, 6) is -0.0506. The highest BCUT2D eigenvalue weighted by Gasteiger charge is 2.17. The number of carbonyl (C=O) groups is 1. The highest BCUT2D eigenvalue weighted by atomic mass is 16.2. The molecule has 0 aliphatic heterocycles. The third kappa shape index (κ3) is 5.50. The van der Waals surface area contributed by atoms with Gasteiger partial charge in [-0.25, -0.2) is 0 Å². The van der Waals surface area contributed by atoms with Crippen molar-refractivity contribution in [1.82, 2.24) is 10.2 Å². The van der Waals surface area contributed by atoms with Crippen molar-refractivity contribution >= 4 is 5.91 Å². The maximum atomic E-state index is 11.2. The molecule has 0 radical (unpaired) electrons. The predicted molar refractivity (Wildman–Crippen MR) is 70.8 cm³/mol. The molecule has 1 rings (SSSR count). The van der Waals surface area contributed by atoms with Crippen LogP contribution in [-0.4, -0.2) is 43.0 Å². The van der Waals surface area contributed by atoms with Crippen LogP contribution in [0.25, 0.3) is 0 Å². The fraction of sp³-hybridized carbons (Fsp3) is 0.923. The maximum Gasteiger partial charge on any atom is 0.236 e. The van der Waals surface area contributed by atoms with E-state index < -0.39 is 6.04 Å². The van der Waals surface area contributed by atoms with Crippen LogP contribution < -0.4 is 11.1 Å². The van der Waals surface area contributed by atoms with E-state index >= 15 is 0 Å². The van der Waals surface area contributed by atoms with Crippen LogP contribution in [0.5, 0.6) is 0 Å². The maximum absolute atomic E-state index is 11.2. The molecule has 1 fully saturated rings. The van der Waals surface area contributed by atoms with Gasteiger partial charge in [-0.05, 0) is 39.8 Å². The summed E-state index contributed by atoms with van der Waals surface area (Å²) in [5, 5.41) is 2.85. The molecule has 0 bridgehead atoms. The third-order valence-electron chi connectivity index (χ3n) is 3.60. The normalized spacial score (nSPS) is 19.3. The second kappa shape index (κ2) is 7.67. The first-order valence-corrected chi connectivity index (χ1v) is 6.85. The minimum Gasteiger partial charge on any atom is -0.355 e. The van der Waals surface area contributed by atoms with Gasteiger partial charge in [-0.15, -0.1) is 0 Å². The average Bonchev–Trinajstić information content (AvgIpc) is 2.35. The van der Waals surface area contributed by atoms with Crippen LogP contribution in [-0.2, 0) is 4.79 Å². The van der Waals surface area contributed by atoms with Crippen molar-refractivity contribution in [3.8, 4) is 0 Å². The van der Waals surface area contributed by atoms with Crippen LogP contribution in [0.1, 0.15) is 45.4 Å². The van der Waals surface area contributed by atoms with Gasteiger partial charge in [0, 0.05) is 12.6 Å². The van der Waals surface area contributed by atoms with Gasteiger partial charge in [0.1, 0.15) is 0 Å². The number of carbonyl (C=O) groups excluding carboxylic acids is 1. The van der Waals surface area contributed by atoms with E-state index in [9.17, 15) is 4.79 Å². The minimum absolute atomic E-state index is 0.0506. The van der Waals surface area contributed by atoms with Crippen molar-refractivity contribution in [3.05, 3.63) is 0 Å². The topological polar surface area (TPSA) is 58.4 Å². The van der Waals surface area contributed by atoms with Crippen molar-refractivity contribution in [3.63, 3.8) is 0 Å². The summed E-state index contributed by atoms with van der Waals surface area (Å²) in [6.45, 7) is 3.50. The van der Waals surface area contributed by atoms with Crippen LogP contribution in [0.15, 0.2) is 0 Å². The molecule has 1 aliphatic rings. The lowest BCUT2D eigenvalue weighted by Crippen LogP contribution is -2.40. The van der Waals surface area contributed by atoms with E-state index in [1.165, 1.54) is 32.1 Å². The summed E-state index contributed by atoms with van der Waals surface area (Å²) >= 11 is 0. The van der Waals surface area contributed by atoms with E-state index in [1.807, 2.05) is 0 Å². The number of hydrogen-bond donors (Lipinski definition) is 2. The van der Waals surface area contributed by atoms with Gasteiger partial charge in [0.25, 0.3) is 0 Å². The largest absolute Gasteiger partial charge is 0.355 e. The number of hydrogen-bond acceptors (Lipinski definition) is 3. The van der Waals surface area contributed by atoms with Crippen LogP contribution in [0, 0.1) is 0 Å². The SMILES string of the molecule is C[C@H](N)C(=O)NCCCN(C)C1CCCCC1. The predicted octanol–water partition coefficient (Wildman–Crippen LogP) is 1.10. The molecule has 3 N–H and O–H groups in total. The van der Waals surface area contributed by atoms with Gasteiger partial charge in [0.2, 0.25) is 5.91 Å². The Labute approximate surface area is 105 Å². The van der Waals surface area contributed by atoms with Gasteiger partial charge in [-0.1, -0.05) is 19.3 Å². The van der Waals surface area contributed by atoms with Gasteiger partial charge >= 0.3 is 0 Å². The average molecular weight is 241 g/mol. The molecule has 4 heteroatoms. The standard InChI is InChI=1S/C13H27N3O/c1-11(14)13(17)15-9-6-10-16(2)12-7-4-3-5-8-12/h11-12H,3-10,14H2,1-2H3,(H,15,17)/t11-/m0/s1. The van der Waals surface area contributed by atoms with Gasteiger partial charge in [-0.2, -0.15) is 0 Å². The van der Waals surface area contributed by atoms with Gasteiger partial charge < -0.3 is 16.0 Å². The van der Waals surface area contributed by atoms with E-state index in [0.29, 0.717) is 0 Å². The number of nitrogens with zero attached hydrogens (tertiary/aromatic N) is 1. The van der Waals surface area contributed by atoms with Crippen molar-refractivity contribution < 1.29 is 4.79 Å². The Morgan fingerprint density at radius 2 is 2.06 bits per heavy atom. The van der Waals surface area contributed by atoms with Crippen molar-refractivity contribution in [2.24, 2.45) is 5.73 Å². The zero-order chi connectivity index (χ0) is 12.7. The van der Waals surface area contributed by atoms with Crippen LogP contribution in [0.2, 0.25) is 0 Å². The number of amides is 1. The Bertz CT molecular complexity index is 225. The lowest BCUT2D eigenvalue weighted by atomic mass is 9.94. The van der Waals surface area contributed by atoms with Gasteiger partial charge in [0.15, 0.2) is 0 Å². The lowest BCUT2D eigenvalue weighted by molar-refractivity contribution is -0.121. The van der Waals surface area contributed by atoms with E-state index in [4.69, 9.17) is 5.73 Å². The van der Waals surface area contributed by atoms with E-state index in [2.05, 4.69) is 17.3 Å². The Morgan fingerprint density at radius 1 is 1.41 bits per heavy atom. The van der Waals surface area contributed by atoms with Gasteiger partial charge in [0.05, 0.1) is 6.04 Å². The summed E-state index contributed by atoms with van der Waals surface area (Å²) < 4.78 is 0. The molecule has 17 heavy (non-hydrogen) atoms. The number of nitrogens with one attached hydrogen (secondary N) is 1. The zero-order valence-electron chi connectivity index (χ0n) is 11.2. The first-order chi connectivity index (χ1) is 8.11. The Morgan fingerprint density at radius 3 is 2.65 bits per heavy atom. The monoisotopic (exact) mass is 241 g/mol. The fourth-order valence-electron chi connectivity index (χ4n) is 2.41. The van der Waals surface area contributed by atoms with Crippen molar-refractivity contribution in [1.29, 1.82) is 0 Å². The summed E-state index contributed by atoms with van der Waals surface area (Å²) in [4.78, 5) is 13.7. The summed E-state index contributed by atoms with van der Waals surface area (Å²) in [5.41, 5.74) is 5.47. The third-order valence-corrected chi connectivity index (χ3v) is 3.60. The molecule has 1 atom stereocenters. The second-order valence-electron chi connectivity index (χ2n) is 5.21. The lowest BCUT2D eigenvalue weighted by Gasteiger charge is -2.31. The first kappa shape index (κ1) is 14.5. The van der Waals surface area contributed by atoms with Crippen LogP contribution >= 0.6 is 0 Å². The smallest absolute Gasteiger partial charge is 0.236 e. The summed E-state index contributed by atoms with van der Waals surface area (Å²) in [6.07, 6.45) is 7.82. The zero-order valence-corrected chi connectivity index (χ0v) is 11.2. The fourth-order valence-corrected chi connectivity index (χ4v) is 2.41. The van der Waals surface area contributed by atoms with E-state index in [-0.39, 0.29) is 5.91 Å². The van der Waals surface area contributed by atoms with Crippen LogP contribution in [0.4, 0.5) is 0 Å². The second-order valence-corrected chi connectivity index (χ2v) is 5.21. The molecule has 0 spiro atoms. The van der Waals surface area contributed by atoms with E-state index in [0.717, 1.165) is 25.6 Å². The summed E-state index contributed by atoms with van der Waals surface area (Å²) in [6, 6.07) is 0.360. The molecule has 1 aliphatic carbocycles. The molecule has 0 aromatic carbocycles. The molecule has 0 saturated heterocycles. The summed E-state index contributed by atoms with van der Waals surface area (Å²) in [7, 11) is 2.20. The Balaban J connectivity index is 2.07. The van der Waals surface area contributed by atoms with E-state index in [1.54, 1.807) is 6.92 Å². The molecule has 1 saturated carbocycles. The highest BCUT2D eigenvalue weighted by molar-refractivity contribution is 5.80. The van der Waals surface area contributed by atoms with Crippen molar-refractivity contribution in [2.45, 2.75) is 57.5 Å². The molecule has 0 aromatic heterocycles. The molecular weight excluding hydrogens is 214 g/mol. The number of rotatable bonds is 6. The van der Waals surface area contributed by atoms with Gasteiger partial charge in [-0.3, -0.25) is 4.79 Å². The van der Waals surface area contributed by atoms with Crippen molar-refractivity contribution in [2.75, 3.05) is 20.1 Å². The first-order valence-electron chi connectivity index (χ1n) is 6.85. The molecule has 4 nitrogen and oxygen atoms in total. The molecular formula is C13H27N3O. The quantitative estimate of drug-likeness (QED) is 0.685. The Hall–Kier alpha value is -0.610. The minimum atomic E-state index is -0.397. The molecule has 0 unspecified atom stereocenters.